The van der Waals surface area contributed by atoms with E-state index in [1.807, 2.05) is 30.3 Å². The molecule has 128 valence electrons. The van der Waals surface area contributed by atoms with Gasteiger partial charge < -0.3 is 15.4 Å². The molecule has 1 aliphatic heterocycles. The Kier molecular flexibility index (Phi) is 4.80. The number of nitrogens with zero attached hydrogens (tertiary/aromatic N) is 4. The molecule has 0 unspecified atom stereocenters. The highest BCUT2D eigenvalue weighted by Crippen LogP contribution is 2.23. The van der Waals surface area contributed by atoms with Crippen LogP contribution in [0.3, 0.4) is 0 Å². The van der Waals surface area contributed by atoms with Crippen molar-refractivity contribution in [3.8, 4) is 17.3 Å². The fourth-order valence-corrected chi connectivity index (χ4v) is 3.20. The Labute approximate surface area is 149 Å². The summed E-state index contributed by atoms with van der Waals surface area (Å²) in [7, 11) is 0. The fraction of sp³-hybridized carbons (Fsp3) is 0.294. The van der Waals surface area contributed by atoms with E-state index in [2.05, 4.69) is 30.0 Å². The van der Waals surface area contributed by atoms with Gasteiger partial charge in [-0.1, -0.05) is 6.07 Å². The maximum atomic E-state index is 5.96. The summed E-state index contributed by atoms with van der Waals surface area (Å²) < 4.78 is 10.3. The summed E-state index contributed by atoms with van der Waals surface area (Å²) in [6.45, 7) is 2.01. The zero-order valence-corrected chi connectivity index (χ0v) is 14.4. The minimum absolute atomic E-state index is 0.269. The summed E-state index contributed by atoms with van der Waals surface area (Å²) in [6, 6.07) is 9.48. The van der Waals surface area contributed by atoms with Gasteiger partial charge in [0.2, 0.25) is 5.13 Å². The molecule has 3 aromatic heterocycles. The van der Waals surface area contributed by atoms with Gasteiger partial charge in [-0.15, -0.1) is 0 Å². The van der Waals surface area contributed by atoms with Gasteiger partial charge in [-0.25, -0.2) is 4.98 Å². The lowest BCUT2D eigenvalue weighted by Gasteiger charge is -2.23. The van der Waals surface area contributed by atoms with Gasteiger partial charge in [0.15, 0.2) is 5.82 Å². The fourth-order valence-electron chi connectivity index (χ4n) is 2.61. The molecule has 0 spiro atoms. The first-order valence-electron chi connectivity index (χ1n) is 8.22. The van der Waals surface area contributed by atoms with E-state index in [9.17, 15) is 0 Å². The van der Waals surface area contributed by atoms with Crippen LogP contribution in [-0.4, -0.2) is 38.5 Å². The van der Waals surface area contributed by atoms with Gasteiger partial charge >= 0.3 is 0 Å². The monoisotopic (exact) mass is 354 g/mol. The molecule has 8 heteroatoms. The van der Waals surface area contributed by atoms with Crippen LogP contribution in [0.5, 0.6) is 5.75 Å². The predicted octanol–water partition coefficient (Wildman–Crippen LogP) is 2.87. The Morgan fingerprint density at radius 3 is 2.80 bits per heavy atom. The first kappa shape index (κ1) is 15.9. The Bertz CT molecular complexity index is 802. The molecule has 7 nitrogen and oxygen atoms in total. The van der Waals surface area contributed by atoms with Gasteiger partial charge in [0.05, 0.1) is 6.20 Å². The first-order valence-corrected chi connectivity index (χ1v) is 9.00. The highest BCUT2D eigenvalue weighted by Gasteiger charge is 2.14. The first-order chi connectivity index (χ1) is 12.4. The lowest BCUT2D eigenvalue weighted by molar-refractivity contribution is 0.162. The van der Waals surface area contributed by atoms with Gasteiger partial charge in [0.1, 0.15) is 23.4 Å². The molecule has 1 aliphatic rings. The van der Waals surface area contributed by atoms with Crippen molar-refractivity contribution in [3.05, 3.63) is 42.7 Å². The normalized spacial score (nSPS) is 15.0. The van der Waals surface area contributed by atoms with E-state index < -0.39 is 0 Å². The van der Waals surface area contributed by atoms with Crippen LogP contribution in [0.1, 0.15) is 12.8 Å². The van der Waals surface area contributed by atoms with Gasteiger partial charge in [-0.05, 0) is 50.2 Å². The number of pyridine rings is 2. The zero-order valence-electron chi connectivity index (χ0n) is 13.6. The lowest BCUT2D eigenvalue weighted by atomic mass is 10.1. The average molecular weight is 354 g/mol. The van der Waals surface area contributed by atoms with Crippen LogP contribution in [0.2, 0.25) is 0 Å². The predicted molar refractivity (Wildman–Crippen MR) is 97.2 cm³/mol. The molecule has 1 saturated heterocycles. The van der Waals surface area contributed by atoms with E-state index >= 15 is 0 Å². The molecule has 1 fully saturated rings. The number of ether oxygens (including phenoxy) is 1. The van der Waals surface area contributed by atoms with Crippen molar-refractivity contribution in [1.29, 1.82) is 0 Å². The third-order valence-electron chi connectivity index (χ3n) is 3.88. The molecule has 4 heterocycles. The maximum Gasteiger partial charge on any atom is 0.208 e. The average Bonchev–Trinajstić information content (AvgIpc) is 3.14. The van der Waals surface area contributed by atoms with Crippen molar-refractivity contribution in [2.75, 3.05) is 18.4 Å². The second-order valence-corrected chi connectivity index (χ2v) is 6.46. The topological polar surface area (TPSA) is 84.9 Å². The van der Waals surface area contributed by atoms with Crippen LogP contribution >= 0.6 is 11.5 Å². The van der Waals surface area contributed by atoms with E-state index in [0.717, 1.165) is 37.4 Å². The summed E-state index contributed by atoms with van der Waals surface area (Å²) >= 11 is 1.28. The molecule has 3 aromatic rings. The van der Waals surface area contributed by atoms with Gasteiger partial charge in [-0.3, -0.25) is 4.98 Å². The number of anilines is 2. The zero-order chi connectivity index (χ0) is 16.9. The third-order valence-corrected chi connectivity index (χ3v) is 4.51. The van der Waals surface area contributed by atoms with Gasteiger partial charge in [-0.2, -0.15) is 9.36 Å². The number of hydrogen-bond donors (Lipinski definition) is 2. The largest absolute Gasteiger partial charge is 0.489 e. The molecule has 0 atom stereocenters. The van der Waals surface area contributed by atoms with Crippen molar-refractivity contribution in [1.82, 2.24) is 24.6 Å². The molecule has 0 aliphatic carbocycles. The van der Waals surface area contributed by atoms with Crippen molar-refractivity contribution < 1.29 is 4.74 Å². The second-order valence-electron chi connectivity index (χ2n) is 5.71. The summed E-state index contributed by atoms with van der Waals surface area (Å²) in [5.41, 5.74) is 0.755. The lowest BCUT2D eigenvalue weighted by Crippen LogP contribution is -2.34. The molecule has 0 aromatic carbocycles. The summed E-state index contributed by atoms with van der Waals surface area (Å²) in [5.74, 6) is 2.12. The molecule has 4 rings (SSSR count). The SMILES string of the molecule is c1ccc(-c2nsc(Nc3ccc(OC4CCNCC4)cn3)n2)nc1. The van der Waals surface area contributed by atoms with Gasteiger partial charge in [0.25, 0.3) is 0 Å². The van der Waals surface area contributed by atoms with E-state index in [1.165, 1.54) is 11.5 Å². The van der Waals surface area contributed by atoms with Crippen molar-refractivity contribution in [2.45, 2.75) is 18.9 Å². The standard InChI is InChI=1S/C17H18N6OS/c1-2-8-19-14(3-1)16-22-17(25-23-16)21-15-5-4-13(11-20-15)24-12-6-9-18-10-7-12/h1-5,8,11-12,18H,6-7,9-10H2,(H,20,21,22,23). The number of aromatic nitrogens is 4. The number of piperidine rings is 1. The van der Waals surface area contributed by atoms with Crippen LogP contribution < -0.4 is 15.4 Å². The Balaban J connectivity index is 1.39. The highest BCUT2D eigenvalue weighted by atomic mass is 32.1. The number of rotatable bonds is 5. The quantitative estimate of drug-likeness (QED) is 0.729. The van der Waals surface area contributed by atoms with Crippen LogP contribution in [0.25, 0.3) is 11.5 Å². The molecule has 0 bridgehead atoms. The van der Waals surface area contributed by atoms with Crippen LogP contribution in [0, 0.1) is 0 Å². The summed E-state index contributed by atoms with van der Waals surface area (Å²) in [5, 5.41) is 7.17. The molecule has 25 heavy (non-hydrogen) atoms. The number of nitrogens with one attached hydrogen (secondary N) is 2. The van der Waals surface area contributed by atoms with Crippen molar-refractivity contribution >= 4 is 22.5 Å². The Hall–Kier alpha value is -2.58. The Morgan fingerprint density at radius 2 is 2.04 bits per heavy atom. The van der Waals surface area contributed by atoms with E-state index in [0.29, 0.717) is 16.8 Å². The summed E-state index contributed by atoms with van der Waals surface area (Å²) in [4.78, 5) is 13.1. The molecular weight excluding hydrogens is 336 g/mol. The maximum absolute atomic E-state index is 5.96. The molecule has 0 saturated carbocycles. The molecule has 2 N–H and O–H groups in total. The van der Waals surface area contributed by atoms with E-state index in [4.69, 9.17) is 4.74 Å². The summed E-state index contributed by atoms with van der Waals surface area (Å²) in [6.07, 6.45) is 5.80. The molecular formula is C17H18N6OS. The third kappa shape index (κ3) is 4.09. The second kappa shape index (κ2) is 7.54. The van der Waals surface area contributed by atoms with Crippen molar-refractivity contribution in [3.63, 3.8) is 0 Å². The number of hydrogen-bond acceptors (Lipinski definition) is 8. The van der Waals surface area contributed by atoms with Crippen LogP contribution in [0.4, 0.5) is 10.9 Å². The van der Waals surface area contributed by atoms with E-state index in [-0.39, 0.29) is 6.10 Å². The smallest absolute Gasteiger partial charge is 0.208 e. The van der Waals surface area contributed by atoms with Gasteiger partial charge in [0, 0.05) is 17.7 Å². The Morgan fingerprint density at radius 1 is 1.12 bits per heavy atom. The highest BCUT2D eigenvalue weighted by molar-refractivity contribution is 7.09. The minimum Gasteiger partial charge on any atom is -0.489 e. The van der Waals surface area contributed by atoms with Crippen molar-refractivity contribution in [2.24, 2.45) is 0 Å². The molecule has 0 radical (unpaired) electrons. The van der Waals surface area contributed by atoms with E-state index in [1.54, 1.807) is 12.4 Å². The van der Waals surface area contributed by atoms with Crippen LogP contribution in [-0.2, 0) is 0 Å². The minimum atomic E-state index is 0.269. The molecule has 0 amide bonds. The van der Waals surface area contributed by atoms with Crippen LogP contribution in [0.15, 0.2) is 42.7 Å².